The maximum Gasteiger partial charge on any atom is 0.411 e. The summed E-state index contributed by atoms with van der Waals surface area (Å²) in [5.41, 5.74) is 1.37. The van der Waals surface area contributed by atoms with Crippen molar-refractivity contribution in [3.63, 3.8) is 0 Å². The molecule has 2 aromatic heterocycles. The largest absolute Gasteiger partial charge is 0.444 e. The molecule has 10 heteroatoms. The molecule has 3 heterocycles. The Morgan fingerprint density at radius 3 is 2.65 bits per heavy atom. The number of Topliss-reactive ketones (excluding diaryl/α,β-unsaturated/α-hetero) is 1. The highest BCUT2D eigenvalue weighted by Crippen LogP contribution is 2.20. The highest BCUT2D eigenvalue weighted by Gasteiger charge is 2.40. The Balaban J connectivity index is 1.65. The molecule has 1 aliphatic rings. The molecule has 0 aromatic carbocycles. The van der Waals surface area contributed by atoms with E-state index in [0.29, 0.717) is 22.6 Å². The van der Waals surface area contributed by atoms with Gasteiger partial charge in [0.25, 0.3) is 0 Å². The number of nitrogens with one attached hydrogen (secondary N) is 1. The van der Waals surface area contributed by atoms with Gasteiger partial charge in [-0.2, -0.15) is 0 Å². The van der Waals surface area contributed by atoms with Gasteiger partial charge in [-0.1, -0.05) is 0 Å². The van der Waals surface area contributed by atoms with E-state index in [0.717, 1.165) is 4.90 Å². The number of amides is 2. The summed E-state index contributed by atoms with van der Waals surface area (Å²) in [6.07, 6.45) is 2.10. The highest BCUT2D eigenvalue weighted by atomic mass is 19.1. The first-order valence-electron chi connectivity index (χ1n) is 9.77. The second kappa shape index (κ2) is 9.15. The van der Waals surface area contributed by atoms with Crippen LogP contribution in [-0.2, 0) is 27.5 Å². The topological polar surface area (TPSA) is 114 Å². The molecular formula is C21H24FN5O4. The lowest BCUT2D eigenvalue weighted by Gasteiger charge is -2.27. The molecule has 3 rings (SSSR count). The number of hydrogen-bond donors (Lipinski definition) is 1. The van der Waals surface area contributed by atoms with Crippen molar-refractivity contribution in [2.45, 2.75) is 52.1 Å². The van der Waals surface area contributed by atoms with Crippen molar-refractivity contribution >= 4 is 17.8 Å². The van der Waals surface area contributed by atoms with Gasteiger partial charge in [0.05, 0.1) is 30.2 Å². The van der Waals surface area contributed by atoms with Crippen LogP contribution in [0.2, 0.25) is 0 Å². The summed E-state index contributed by atoms with van der Waals surface area (Å²) in [4.78, 5) is 50.4. The first-order chi connectivity index (χ1) is 14.7. The number of carbonyl (C=O) groups is 3. The number of rotatable bonds is 5. The minimum absolute atomic E-state index is 0.0628. The lowest BCUT2D eigenvalue weighted by molar-refractivity contribution is -0.126. The highest BCUT2D eigenvalue weighted by molar-refractivity contribution is 5.97. The van der Waals surface area contributed by atoms with E-state index in [1.54, 1.807) is 39.0 Å². The quantitative estimate of drug-likeness (QED) is 0.775. The summed E-state index contributed by atoms with van der Waals surface area (Å²) in [7, 11) is 0. The molecule has 1 saturated heterocycles. The Morgan fingerprint density at radius 1 is 1.23 bits per heavy atom. The van der Waals surface area contributed by atoms with Crippen LogP contribution in [0.5, 0.6) is 0 Å². The Hall–Kier alpha value is -3.43. The van der Waals surface area contributed by atoms with Gasteiger partial charge in [-0.15, -0.1) is 0 Å². The molecule has 1 aliphatic heterocycles. The van der Waals surface area contributed by atoms with Crippen LogP contribution in [-0.4, -0.2) is 55.8 Å². The Kier molecular flexibility index (Phi) is 6.57. The third-order valence-electron chi connectivity index (χ3n) is 4.50. The lowest BCUT2D eigenvalue weighted by Crippen LogP contribution is -2.47. The maximum absolute atomic E-state index is 12.7. The Bertz CT molecular complexity index is 974. The van der Waals surface area contributed by atoms with Crippen molar-refractivity contribution in [2.75, 3.05) is 6.54 Å². The molecule has 1 fully saturated rings. The monoisotopic (exact) mass is 429 g/mol. The van der Waals surface area contributed by atoms with Gasteiger partial charge in [-0.3, -0.25) is 19.5 Å². The third-order valence-corrected chi connectivity index (χ3v) is 4.50. The second-order valence-electron chi connectivity index (χ2n) is 8.15. The van der Waals surface area contributed by atoms with Crippen molar-refractivity contribution < 1.29 is 23.5 Å². The molecule has 0 radical (unpaired) electrons. The molecule has 0 aliphatic carbocycles. The van der Waals surface area contributed by atoms with Crippen LogP contribution in [0.4, 0.5) is 9.18 Å². The van der Waals surface area contributed by atoms with Crippen LogP contribution in [0.1, 0.15) is 38.6 Å². The molecule has 0 spiro atoms. The number of aromatic nitrogens is 3. The number of pyridine rings is 1. The predicted octanol–water partition coefficient (Wildman–Crippen LogP) is 2.20. The molecule has 0 saturated carbocycles. The Morgan fingerprint density at radius 2 is 2.00 bits per heavy atom. The molecule has 0 bridgehead atoms. The first-order valence-corrected chi connectivity index (χ1v) is 9.77. The molecule has 2 amide bonds. The average Bonchev–Trinajstić information content (AvgIpc) is 3.13. The summed E-state index contributed by atoms with van der Waals surface area (Å²) in [5.74, 6) is -0.676. The summed E-state index contributed by atoms with van der Waals surface area (Å²) in [6, 6.07) is 4.02. The number of nitrogens with zero attached hydrogens (tertiary/aromatic N) is 4. The van der Waals surface area contributed by atoms with Gasteiger partial charge < -0.3 is 10.1 Å². The van der Waals surface area contributed by atoms with E-state index in [4.69, 9.17) is 4.74 Å². The van der Waals surface area contributed by atoms with E-state index >= 15 is 0 Å². The van der Waals surface area contributed by atoms with E-state index in [-0.39, 0.29) is 25.3 Å². The van der Waals surface area contributed by atoms with Crippen LogP contribution >= 0.6 is 0 Å². The Labute approximate surface area is 179 Å². The average molecular weight is 429 g/mol. The fourth-order valence-corrected chi connectivity index (χ4v) is 3.04. The summed E-state index contributed by atoms with van der Waals surface area (Å²) in [5, 5.41) is 2.71. The number of hydrogen-bond acceptors (Lipinski definition) is 7. The van der Waals surface area contributed by atoms with Crippen molar-refractivity contribution in [3.05, 3.63) is 42.1 Å². The second-order valence-corrected chi connectivity index (χ2v) is 8.15. The predicted molar refractivity (Wildman–Crippen MR) is 108 cm³/mol. The molecule has 1 atom stereocenters. The SMILES string of the molecule is CC(C)(C)OC(=O)N1CC(=O)C[C@H]1C(=O)NCc1cc(-c2ccc(CF)nc2)ncn1. The fourth-order valence-electron chi connectivity index (χ4n) is 3.04. The van der Waals surface area contributed by atoms with E-state index < -0.39 is 30.3 Å². The van der Waals surface area contributed by atoms with Crippen molar-refractivity contribution in [1.29, 1.82) is 0 Å². The zero-order chi connectivity index (χ0) is 22.6. The van der Waals surface area contributed by atoms with Crippen LogP contribution < -0.4 is 5.32 Å². The van der Waals surface area contributed by atoms with Gasteiger partial charge in [0.15, 0.2) is 5.78 Å². The van der Waals surface area contributed by atoms with Gasteiger partial charge in [0, 0.05) is 18.2 Å². The maximum atomic E-state index is 12.7. The van der Waals surface area contributed by atoms with Gasteiger partial charge >= 0.3 is 6.09 Å². The zero-order valence-electron chi connectivity index (χ0n) is 17.6. The van der Waals surface area contributed by atoms with Crippen molar-refractivity contribution in [1.82, 2.24) is 25.2 Å². The summed E-state index contributed by atoms with van der Waals surface area (Å²) < 4.78 is 17.9. The molecule has 2 aromatic rings. The molecule has 0 unspecified atom stereocenters. The van der Waals surface area contributed by atoms with Crippen LogP contribution in [0.15, 0.2) is 30.7 Å². The van der Waals surface area contributed by atoms with E-state index in [1.165, 1.54) is 12.5 Å². The summed E-state index contributed by atoms with van der Waals surface area (Å²) in [6.45, 7) is 4.41. The number of ketones is 1. The number of likely N-dealkylation sites (tertiary alicyclic amines) is 1. The van der Waals surface area contributed by atoms with Gasteiger partial charge in [0.1, 0.15) is 24.6 Å². The molecule has 1 N–H and O–H groups in total. The van der Waals surface area contributed by atoms with Gasteiger partial charge in [-0.25, -0.2) is 19.2 Å². The smallest absolute Gasteiger partial charge is 0.411 e. The van der Waals surface area contributed by atoms with Crippen LogP contribution in [0.25, 0.3) is 11.3 Å². The van der Waals surface area contributed by atoms with Gasteiger partial charge in [0.2, 0.25) is 5.91 Å². The minimum Gasteiger partial charge on any atom is -0.444 e. The van der Waals surface area contributed by atoms with E-state index in [9.17, 15) is 18.8 Å². The molecular weight excluding hydrogens is 405 g/mol. The molecule has 164 valence electrons. The van der Waals surface area contributed by atoms with Crippen molar-refractivity contribution in [3.8, 4) is 11.3 Å². The summed E-state index contributed by atoms with van der Waals surface area (Å²) >= 11 is 0. The lowest BCUT2D eigenvalue weighted by atomic mass is 10.1. The van der Waals surface area contributed by atoms with E-state index in [1.807, 2.05) is 0 Å². The normalized spacial score (nSPS) is 16.3. The third kappa shape index (κ3) is 5.80. The number of halogens is 1. The molecule has 9 nitrogen and oxygen atoms in total. The number of ether oxygens (including phenoxy) is 1. The number of alkyl halides is 1. The van der Waals surface area contributed by atoms with Crippen molar-refractivity contribution in [2.24, 2.45) is 0 Å². The first kappa shape index (κ1) is 22.3. The number of carbonyl (C=O) groups excluding carboxylic acids is 3. The minimum atomic E-state index is -0.930. The zero-order valence-corrected chi connectivity index (χ0v) is 17.6. The standard InChI is InChI=1S/C21H24FN5O4/c1-21(2,3)31-20(30)27-11-16(28)7-18(27)19(29)24-10-15-6-17(26-12-25-15)13-4-5-14(8-22)23-9-13/h4-6,9,12,18H,7-8,10-11H2,1-3H3,(H,24,29)/t18-/m0/s1. The van der Waals surface area contributed by atoms with E-state index in [2.05, 4.69) is 20.3 Å². The van der Waals surface area contributed by atoms with Gasteiger partial charge in [-0.05, 0) is 39.0 Å². The fraction of sp³-hybridized carbons (Fsp3) is 0.429. The van der Waals surface area contributed by atoms with Crippen LogP contribution in [0.3, 0.4) is 0 Å². The van der Waals surface area contributed by atoms with Crippen LogP contribution in [0, 0.1) is 0 Å². The molecule has 31 heavy (non-hydrogen) atoms.